The van der Waals surface area contributed by atoms with Gasteiger partial charge < -0.3 is 15.2 Å². The average Bonchev–Trinajstić information content (AvgIpc) is 2.53. The van der Waals surface area contributed by atoms with Crippen LogP contribution in [-0.2, 0) is 4.79 Å². The molecule has 0 aliphatic heterocycles. The van der Waals surface area contributed by atoms with Crippen molar-refractivity contribution in [1.82, 2.24) is 5.32 Å². The SMILES string of the molecule is O=C(O)CCC(=O)c1cccc(OC(=O)NC2CCCCC2)c1. The van der Waals surface area contributed by atoms with E-state index in [-0.39, 0.29) is 30.4 Å². The summed E-state index contributed by atoms with van der Waals surface area (Å²) in [5.41, 5.74) is 0.342. The highest BCUT2D eigenvalue weighted by Gasteiger charge is 2.17. The Labute approximate surface area is 134 Å². The lowest BCUT2D eigenvalue weighted by molar-refractivity contribution is -0.136. The zero-order valence-corrected chi connectivity index (χ0v) is 12.9. The van der Waals surface area contributed by atoms with Gasteiger partial charge in [-0.05, 0) is 25.0 Å². The fourth-order valence-electron chi connectivity index (χ4n) is 2.65. The minimum atomic E-state index is -1.02. The van der Waals surface area contributed by atoms with Gasteiger partial charge in [-0.3, -0.25) is 9.59 Å². The Kier molecular flexibility index (Phi) is 6.14. The number of nitrogens with one attached hydrogen (secondary N) is 1. The standard InChI is InChI=1S/C17H21NO5/c19-15(9-10-16(20)21)12-5-4-8-14(11-12)23-17(22)18-13-6-2-1-3-7-13/h4-5,8,11,13H,1-3,6-7,9-10H2,(H,18,22)(H,20,21). The first-order valence-electron chi connectivity index (χ1n) is 7.88. The molecule has 0 atom stereocenters. The van der Waals surface area contributed by atoms with Crippen molar-refractivity contribution in [3.05, 3.63) is 29.8 Å². The van der Waals surface area contributed by atoms with Crippen LogP contribution in [0.5, 0.6) is 5.75 Å². The average molecular weight is 319 g/mol. The molecule has 0 spiro atoms. The van der Waals surface area contributed by atoms with Crippen LogP contribution in [0.1, 0.15) is 55.3 Å². The van der Waals surface area contributed by atoms with Crippen LogP contribution >= 0.6 is 0 Å². The first-order chi connectivity index (χ1) is 11.0. The van der Waals surface area contributed by atoms with Crippen LogP contribution in [0.2, 0.25) is 0 Å². The van der Waals surface area contributed by atoms with E-state index < -0.39 is 12.1 Å². The largest absolute Gasteiger partial charge is 0.481 e. The van der Waals surface area contributed by atoms with Gasteiger partial charge in [0.1, 0.15) is 5.75 Å². The topological polar surface area (TPSA) is 92.7 Å². The number of carbonyl (C=O) groups excluding carboxylic acids is 2. The lowest BCUT2D eigenvalue weighted by Gasteiger charge is -2.22. The van der Waals surface area contributed by atoms with Gasteiger partial charge in [-0.2, -0.15) is 0 Å². The Morgan fingerprint density at radius 1 is 1.13 bits per heavy atom. The van der Waals surface area contributed by atoms with Crippen molar-refractivity contribution in [2.45, 2.75) is 51.0 Å². The molecule has 0 bridgehead atoms. The molecule has 23 heavy (non-hydrogen) atoms. The second-order valence-electron chi connectivity index (χ2n) is 5.71. The molecule has 1 fully saturated rings. The number of carboxylic acids is 1. The summed E-state index contributed by atoms with van der Waals surface area (Å²) >= 11 is 0. The second kappa shape index (κ2) is 8.31. The molecule has 0 aromatic heterocycles. The molecule has 1 aliphatic carbocycles. The van der Waals surface area contributed by atoms with Crippen molar-refractivity contribution in [2.75, 3.05) is 0 Å². The van der Waals surface area contributed by atoms with E-state index in [0.717, 1.165) is 25.7 Å². The molecule has 1 aromatic rings. The number of Topliss-reactive ketones (excluding diaryl/α,β-unsaturated/α-hetero) is 1. The zero-order chi connectivity index (χ0) is 16.7. The number of carbonyl (C=O) groups is 3. The van der Waals surface area contributed by atoms with E-state index in [9.17, 15) is 14.4 Å². The fourth-order valence-corrected chi connectivity index (χ4v) is 2.65. The predicted molar refractivity (Wildman–Crippen MR) is 83.7 cm³/mol. The summed E-state index contributed by atoms with van der Waals surface area (Å²) in [6.07, 6.45) is 4.53. The molecule has 0 radical (unpaired) electrons. The molecule has 2 N–H and O–H groups in total. The molecule has 6 nitrogen and oxygen atoms in total. The summed E-state index contributed by atoms with van der Waals surface area (Å²) in [5, 5.41) is 11.4. The molecule has 0 saturated heterocycles. The van der Waals surface area contributed by atoms with Crippen LogP contribution in [0.15, 0.2) is 24.3 Å². The Bertz CT molecular complexity index is 578. The minimum Gasteiger partial charge on any atom is -0.481 e. The van der Waals surface area contributed by atoms with Crippen molar-refractivity contribution in [3.63, 3.8) is 0 Å². The molecule has 6 heteroatoms. The first-order valence-corrected chi connectivity index (χ1v) is 7.88. The van der Waals surface area contributed by atoms with Crippen molar-refractivity contribution < 1.29 is 24.2 Å². The second-order valence-corrected chi connectivity index (χ2v) is 5.71. The smallest absolute Gasteiger partial charge is 0.412 e. The van der Waals surface area contributed by atoms with Gasteiger partial charge in [-0.25, -0.2) is 4.79 Å². The van der Waals surface area contributed by atoms with Gasteiger partial charge in [0.25, 0.3) is 0 Å². The normalized spacial score (nSPS) is 15.0. The van der Waals surface area contributed by atoms with Gasteiger partial charge >= 0.3 is 12.1 Å². The third-order valence-corrected chi connectivity index (χ3v) is 3.86. The number of benzene rings is 1. The molecule has 1 aromatic carbocycles. The third kappa shape index (κ3) is 5.73. The lowest BCUT2D eigenvalue weighted by Crippen LogP contribution is -2.38. The number of amides is 1. The number of carboxylic acid groups (broad SMARTS) is 1. The highest BCUT2D eigenvalue weighted by atomic mass is 16.6. The van der Waals surface area contributed by atoms with Crippen molar-refractivity contribution in [2.24, 2.45) is 0 Å². The molecule has 124 valence electrons. The van der Waals surface area contributed by atoms with Gasteiger partial charge in [0, 0.05) is 18.0 Å². The van der Waals surface area contributed by atoms with Crippen LogP contribution in [-0.4, -0.2) is 29.0 Å². The number of hydrogen-bond donors (Lipinski definition) is 2. The Morgan fingerprint density at radius 3 is 2.57 bits per heavy atom. The van der Waals surface area contributed by atoms with Crippen LogP contribution in [0, 0.1) is 0 Å². The van der Waals surface area contributed by atoms with Gasteiger partial charge in [0.15, 0.2) is 5.78 Å². The predicted octanol–water partition coefficient (Wildman–Crippen LogP) is 3.16. The summed E-state index contributed by atoms with van der Waals surface area (Å²) in [6.45, 7) is 0. The summed E-state index contributed by atoms with van der Waals surface area (Å²) in [6, 6.07) is 6.39. The molecule has 2 rings (SSSR count). The van der Waals surface area contributed by atoms with Crippen LogP contribution in [0.3, 0.4) is 0 Å². The number of rotatable bonds is 6. The van der Waals surface area contributed by atoms with E-state index in [1.54, 1.807) is 18.2 Å². The summed E-state index contributed by atoms with van der Waals surface area (Å²) in [7, 11) is 0. The van der Waals surface area contributed by atoms with E-state index >= 15 is 0 Å². The lowest BCUT2D eigenvalue weighted by atomic mass is 9.96. The quantitative estimate of drug-likeness (QED) is 0.786. The van der Waals surface area contributed by atoms with E-state index in [1.807, 2.05) is 0 Å². The first kappa shape index (κ1) is 17.0. The van der Waals surface area contributed by atoms with Gasteiger partial charge in [-0.1, -0.05) is 31.4 Å². The Morgan fingerprint density at radius 2 is 1.87 bits per heavy atom. The van der Waals surface area contributed by atoms with Gasteiger partial charge in [0.05, 0.1) is 6.42 Å². The van der Waals surface area contributed by atoms with Crippen LogP contribution < -0.4 is 10.1 Å². The number of ketones is 1. The monoisotopic (exact) mass is 319 g/mol. The number of ether oxygens (including phenoxy) is 1. The maximum atomic E-state index is 11.9. The fraction of sp³-hybridized carbons (Fsp3) is 0.471. The number of hydrogen-bond acceptors (Lipinski definition) is 4. The Balaban J connectivity index is 1.89. The summed E-state index contributed by atoms with van der Waals surface area (Å²) in [4.78, 5) is 34.3. The zero-order valence-electron chi connectivity index (χ0n) is 12.9. The van der Waals surface area contributed by atoms with E-state index in [4.69, 9.17) is 9.84 Å². The molecular weight excluding hydrogens is 298 g/mol. The van der Waals surface area contributed by atoms with Crippen molar-refractivity contribution in [1.29, 1.82) is 0 Å². The number of aliphatic carboxylic acids is 1. The van der Waals surface area contributed by atoms with Gasteiger partial charge in [0.2, 0.25) is 0 Å². The third-order valence-electron chi connectivity index (χ3n) is 3.86. The molecule has 0 unspecified atom stereocenters. The van der Waals surface area contributed by atoms with Crippen molar-refractivity contribution in [3.8, 4) is 5.75 Å². The summed E-state index contributed by atoms with van der Waals surface area (Å²) < 4.78 is 5.21. The Hall–Kier alpha value is -2.37. The minimum absolute atomic E-state index is 0.0763. The molecule has 1 aliphatic rings. The maximum Gasteiger partial charge on any atom is 0.412 e. The molecule has 1 saturated carbocycles. The summed E-state index contributed by atoms with van der Waals surface area (Å²) in [5.74, 6) is -1.03. The molecule has 0 heterocycles. The maximum absolute atomic E-state index is 11.9. The van der Waals surface area contributed by atoms with Crippen LogP contribution in [0.4, 0.5) is 4.79 Å². The highest BCUT2D eigenvalue weighted by molar-refractivity contribution is 5.97. The molecule has 1 amide bonds. The van der Waals surface area contributed by atoms with Gasteiger partial charge in [-0.15, -0.1) is 0 Å². The van der Waals surface area contributed by atoms with Crippen LogP contribution in [0.25, 0.3) is 0 Å². The van der Waals surface area contributed by atoms with Crippen molar-refractivity contribution >= 4 is 17.8 Å². The highest BCUT2D eigenvalue weighted by Crippen LogP contribution is 2.19. The van der Waals surface area contributed by atoms with E-state index in [0.29, 0.717) is 5.56 Å². The van der Waals surface area contributed by atoms with E-state index in [1.165, 1.54) is 12.5 Å². The van der Waals surface area contributed by atoms with E-state index in [2.05, 4.69) is 5.32 Å². The molecular formula is C17H21NO5.